The number of nitrogens with zero attached hydrogens (tertiary/aromatic N) is 1. The minimum Gasteiger partial charge on any atom is -0.493 e. The first kappa shape index (κ1) is 17.7. The van der Waals surface area contributed by atoms with Crippen LogP contribution in [0.4, 0.5) is 0 Å². The third kappa shape index (κ3) is 4.69. The molecule has 2 rings (SSSR count). The number of hydrogen-bond acceptors (Lipinski definition) is 6. The van der Waals surface area contributed by atoms with Crippen molar-refractivity contribution in [3.63, 3.8) is 0 Å². The van der Waals surface area contributed by atoms with Crippen LogP contribution in [-0.2, 0) is 14.3 Å². The highest BCUT2D eigenvalue weighted by Gasteiger charge is 2.19. The van der Waals surface area contributed by atoms with E-state index in [4.69, 9.17) is 14.2 Å². The van der Waals surface area contributed by atoms with Crippen molar-refractivity contribution in [1.29, 1.82) is 0 Å². The summed E-state index contributed by atoms with van der Waals surface area (Å²) in [5.41, 5.74) is 2.78. The Morgan fingerprint density at radius 1 is 1.33 bits per heavy atom. The molecule has 1 aliphatic rings. The van der Waals surface area contributed by atoms with Gasteiger partial charge in [-0.3, -0.25) is 9.59 Å². The summed E-state index contributed by atoms with van der Waals surface area (Å²) in [6, 6.07) is 5.25. The summed E-state index contributed by atoms with van der Waals surface area (Å²) < 4.78 is 15.8. The lowest BCUT2D eigenvalue weighted by atomic mass is 10.2. The highest BCUT2D eigenvalue weighted by molar-refractivity contribution is 6.35. The molecule has 0 unspecified atom stereocenters. The van der Waals surface area contributed by atoms with Crippen LogP contribution in [0.5, 0.6) is 11.5 Å². The zero-order valence-electron chi connectivity index (χ0n) is 13.7. The Morgan fingerprint density at radius 2 is 2.17 bits per heavy atom. The van der Waals surface area contributed by atoms with Crippen molar-refractivity contribution in [1.82, 2.24) is 10.7 Å². The maximum atomic E-state index is 11.7. The van der Waals surface area contributed by atoms with Crippen molar-refractivity contribution in [2.24, 2.45) is 5.10 Å². The Balaban J connectivity index is 1.86. The molecular weight excluding hydrogens is 314 g/mol. The number of carbonyl (C=O) groups is 2. The number of ether oxygens (including phenoxy) is 3. The number of methoxy groups -OCH3 is 2. The maximum Gasteiger partial charge on any atom is 0.329 e. The molecule has 1 aromatic rings. The SMILES string of the molecule is COc1cccc(/C=N\NC(=O)C(=O)NC[C@@H]2CCCO2)c1OC. The van der Waals surface area contributed by atoms with E-state index >= 15 is 0 Å². The lowest BCUT2D eigenvalue weighted by molar-refractivity contribution is -0.139. The summed E-state index contributed by atoms with van der Waals surface area (Å²) >= 11 is 0. The molecule has 1 heterocycles. The number of hydrogen-bond donors (Lipinski definition) is 2. The molecule has 2 amide bonds. The van der Waals surface area contributed by atoms with Crippen molar-refractivity contribution in [2.45, 2.75) is 18.9 Å². The van der Waals surface area contributed by atoms with Gasteiger partial charge in [0.2, 0.25) is 0 Å². The van der Waals surface area contributed by atoms with Crippen LogP contribution in [0.15, 0.2) is 23.3 Å². The maximum absolute atomic E-state index is 11.7. The van der Waals surface area contributed by atoms with E-state index < -0.39 is 11.8 Å². The van der Waals surface area contributed by atoms with Crippen LogP contribution >= 0.6 is 0 Å². The molecule has 2 N–H and O–H groups in total. The molecule has 1 saturated heterocycles. The molecular formula is C16H21N3O5. The first-order chi connectivity index (χ1) is 11.7. The van der Waals surface area contributed by atoms with Gasteiger partial charge >= 0.3 is 11.8 Å². The van der Waals surface area contributed by atoms with Gasteiger partial charge in [0.15, 0.2) is 11.5 Å². The molecule has 8 heteroatoms. The Hall–Kier alpha value is -2.61. The lowest BCUT2D eigenvalue weighted by Gasteiger charge is -2.10. The van der Waals surface area contributed by atoms with Gasteiger partial charge in [0.05, 0.1) is 26.5 Å². The number of nitrogens with one attached hydrogen (secondary N) is 2. The fourth-order valence-corrected chi connectivity index (χ4v) is 2.32. The molecule has 0 radical (unpaired) electrons. The van der Waals surface area contributed by atoms with E-state index in [-0.39, 0.29) is 6.10 Å². The highest BCUT2D eigenvalue weighted by Crippen LogP contribution is 2.29. The van der Waals surface area contributed by atoms with Gasteiger partial charge in [-0.15, -0.1) is 0 Å². The Kier molecular flexibility index (Phi) is 6.56. The molecule has 24 heavy (non-hydrogen) atoms. The third-order valence-electron chi connectivity index (χ3n) is 3.52. The largest absolute Gasteiger partial charge is 0.493 e. The van der Waals surface area contributed by atoms with Gasteiger partial charge in [-0.05, 0) is 25.0 Å². The van der Waals surface area contributed by atoms with E-state index in [0.717, 1.165) is 12.8 Å². The molecule has 1 atom stereocenters. The smallest absolute Gasteiger partial charge is 0.329 e. The minimum absolute atomic E-state index is 0.0219. The number of carbonyl (C=O) groups excluding carboxylic acids is 2. The van der Waals surface area contributed by atoms with Gasteiger partial charge < -0.3 is 19.5 Å². The summed E-state index contributed by atoms with van der Waals surface area (Å²) in [4.78, 5) is 23.4. The lowest BCUT2D eigenvalue weighted by Crippen LogP contribution is -2.41. The highest BCUT2D eigenvalue weighted by atomic mass is 16.5. The van der Waals surface area contributed by atoms with Crippen LogP contribution in [0.2, 0.25) is 0 Å². The van der Waals surface area contributed by atoms with Crippen LogP contribution in [0.3, 0.4) is 0 Å². The zero-order chi connectivity index (χ0) is 17.4. The van der Waals surface area contributed by atoms with Crippen molar-refractivity contribution in [3.05, 3.63) is 23.8 Å². The molecule has 130 valence electrons. The van der Waals surface area contributed by atoms with Crippen LogP contribution in [-0.4, -0.2) is 51.5 Å². The van der Waals surface area contributed by atoms with Gasteiger partial charge in [-0.25, -0.2) is 5.43 Å². The Morgan fingerprint density at radius 3 is 2.83 bits per heavy atom. The molecule has 8 nitrogen and oxygen atoms in total. The number of rotatable bonds is 6. The number of amides is 2. The third-order valence-corrected chi connectivity index (χ3v) is 3.52. The van der Waals surface area contributed by atoms with Gasteiger partial charge in [-0.1, -0.05) is 6.07 Å². The molecule has 0 aliphatic carbocycles. The van der Waals surface area contributed by atoms with Crippen molar-refractivity contribution < 1.29 is 23.8 Å². The van der Waals surface area contributed by atoms with E-state index in [1.54, 1.807) is 18.2 Å². The van der Waals surface area contributed by atoms with E-state index in [2.05, 4.69) is 15.8 Å². The summed E-state index contributed by atoms with van der Waals surface area (Å²) in [6.07, 6.45) is 3.22. The Bertz CT molecular complexity index is 612. The van der Waals surface area contributed by atoms with Gasteiger partial charge in [0.1, 0.15) is 0 Å². The average Bonchev–Trinajstić information content (AvgIpc) is 3.12. The number of para-hydroxylation sites is 1. The van der Waals surface area contributed by atoms with Crippen molar-refractivity contribution in [3.8, 4) is 11.5 Å². The van der Waals surface area contributed by atoms with Crippen LogP contribution in [0.25, 0.3) is 0 Å². The summed E-state index contributed by atoms with van der Waals surface area (Å²) in [5, 5.41) is 6.29. The molecule has 1 aromatic carbocycles. The topological polar surface area (TPSA) is 98.2 Å². The van der Waals surface area contributed by atoms with E-state index in [0.29, 0.717) is 30.2 Å². The van der Waals surface area contributed by atoms with E-state index in [9.17, 15) is 9.59 Å². The second-order valence-electron chi connectivity index (χ2n) is 5.13. The second kappa shape index (κ2) is 8.88. The van der Waals surface area contributed by atoms with Crippen LogP contribution in [0.1, 0.15) is 18.4 Å². The number of hydrazone groups is 1. The van der Waals surface area contributed by atoms with Crippen molar-refractivity contribution in [2.75, 3.05) is 27.4 Å². The van der Waals surface area contributed by atoms with E-state index in [1.807, 2.05) is 0 Å². The van der Waals surface area contributed by atoms with Crippen molar-refractivity contribution >= 4 is 18.0 Å². The van der Waals surface area contributed by atoms with E-state index in [1.165, 1.54) is 20.4 Å². The normalized spacial score (nSPS) is 16.8. The van der Waals surface area contributed by atoms with Crippen LogP contribution in [0, 0.1) is 0 Å². The minimum atomic E-state index is -0.842. The quantitative estimate of drug-likeness (QED) is 0.447. The zero-order valence-corrected chi connectivity index (χ0v) is 13.7. The van der Waals surface area contributed by atoms with Crippen LogP contribution < -0.4 is 20.2 Å². The standard InChI is InChI=1S/C16H21N3O5/c1-22-13-7-3-5-11(14(13)23-2)9-18-19-16(21)15(20)17-10-12-6-4-8-24-12/h3,5,7,9,12H,4,6,8,10H2,1-2H3,(H,17,20)(H,19,21)/b18-9-/t12-/m0/s1. The predicted molar refractivity (Wildman–Crippen MR) is 87.3 cm³/mol. The molecule has 0 aromatic heterocycles. The van der Waals surface area contributed by atoms with Gasteiger partial charge in [-0.2, -0.15) is 5.10 Å². The Labute approximate surface area is 140 Å². The summed E-state index contributed by atoms with van der Waals surface area (Å²) in [5.74, 6) is -0.561. The molecule has 1 fully saturated rings. The summed E-state index contributed by atoms with van der Waals surface area (Å²) in [7, 11) is 3.03. The molecule has 1 aliphatic heterocycles. The average molecular weight is 335 g/mol. The molecule has 0 saturated carbocycles. The monoisotopic (exact) mass is 335 g/mol. The molecule has 0 spiro atoms. The predicted octanol–water partition coefficient (Wildman–Crippen LogP) is 0.449. The first-order valence-corrected chi connectivity index (χ1v) is 7.59. The van der Waals surface area contributed by atoms with Gasteiger partial charge in [0.25, 0.3) is 0 Å². The number of benzene rings is 1. The first-order valence-electron chi connectivity index (χ1n) is 7.59. The summed E-state index contributed by atoms with van der Waals surface area (Å²) in [6.45, 7) is 1.01. The van der Waals surface area contributed by atoms with Gasteiger partial charge in [0, 0.05) is 18.7 Å². The molecule has 0 bridgehead atoms. The fraction of sp³-hybridized carbons (Fsp3) is 0.438. The second-order valence-corrected chi connectivity index (χ2v) is 5.13. The fourth-order valence-electron chi connectivity index (χ4n) is 2.32.